The third kappa shape index (κ3) is 3.26. The summed E-state index contributed by atoms with van der Waals surface area (Å²) in [4.78, 5) is 0. The fourth-order valence-electron chi connectivity index (χ4n) is 2.81. The summed E-state index contributed by atoms with van der Waals surface area (Å²) in [6.07, 6.45) is 3.99. The zero-order chi connectivity index (χ0) is 13.0. The van der Waals surface area contributed by atoms with Crippen LogP contribution in [0.1, 0.15) is 38.7 Å². The van der Waals surface area contributed by atoms with E-state index in [2.05, 4.69) is 19.9 Å². The molecule has 0 bridgehead atoms. The van der Waals surface area contributed by atoms with E-state index in [1.165, 1.54) is 18.4 Å². The maximum Gasteiger partial charge on any atom is 0.122 e. The van der Waals surface area contributed by atoms with Gasteiger partial charge in [-0.2, -0.15) is 0 Å². The first-order valence-electron chi connectivity index (χ1n) is 7.09. The Bertz CT molecular complexity index is 375. The van der Waals surface area contributed by atoms with Gasteiger partial charge in [0.2, 0.25) is 0 Å². The summed E-state index contributed by atoms with van der Waals surface area (Å²) in [5.41, 5.74) is 1.23. The molecule has 1 N–H and O–H groups in total. The van der Waals surface area contributed by atoms with Crippen molar-refractivity contribution in [3.63, 3.8) is 0 Å². The molecule has 0 radical (unpaired) electrons. The number of hydrogen-bond donors (Lipinski definition) is 1. The molecule has 0 aliphatic carbocycles. The zero-order valence-corrected chi connectivity index (χ0v) is 11.4. The third-order valence-electron chi connectivity index (χ3n) is 3.88. The Hall–Kier alpha value is -1.02. The average molecular weight is 248 g/mol. The molecule has 0 amide bonds. The quantitative estimate of drug-likeness (QED) is 0.865. The molecule has 2 heteroatoms. The summed E-state index contributed by atoms with van der Waals surface area (Å²) < 4.78 is 5.74. The Balaban J connectivity index is 1.92. The Morgan fingerprint density at radius 1 is 1.39 bits per heavy atom. The molecule has 1 aliphatic rings. The van der Waals surface area contributed by atoms with Crippen molar-refractivity contribution in [2.45, 2.75) is 45.6 Å². The fraction of sp³-hybridized carbons (Fsp3) is 0.625. The largest absolute Gasteiger partial charge is 0.493 e. The van der Waals surface area contributed by atoms with Gasteiger partial charge in [-0.25, -0.2) is 0 Å². The third-order valence-corrected chi connectivity index (χ3v) is 3.88. The van der Waals surface area contributed by atoms with E-state index >= 15 is 0 Å². The number of aliphatic hydroxyl groups excluding tert-OH is 1. The number of ether oxygens (including phenoxy) is 1. The van der Waals surface area contributed by atoms with E-state index < -0.39 is 0 Å². The molecule has 18 heavy (non-hydrogen) atoms. The van der Waals surface area contributed by atoms with Gasteiger partial charge >= 0.3 is 0 Å². The van der Waals surface area contributed by atoms with Crippen LogP contribution in [0.25, 0.3) is 0 Å². The van der Waals surface area contributed by atoms with Crippen molar-refractivity contribution >= 4 is 0 Å². The molecule has 0 aromatic heterocycles. The van der Waals surface area contributed by atoms with Crippen molar-refractivity contribution in [3.05, 3.63) is 29.8 Å². The van der Waals surface area contributed by atoms with Crippen LogP contribution in [-0.4, -0.2) is 17.8 Å². The van der Waals surface area contributed by atoms with E-state index in [0.717, 1.165) is 18.6 Å². The first-order valence-corrected chi connectivity index (χ1v) is 7.09. The molecular formula is C16H24O2. The highest BCUT2D eigenvalue weighted by atomic mass is 16.5. The van der Waals surface area contributed by atoms with Crippen molar-refractivity contribution in [2.24, 2.45) is 11.8 Å². The molecule has 3 unspecified atom stereocenters. The molecule has 0 fully saturated rings. The normalized spacial score (nSPS) is 21.8. The van der Waals surface area contributed by atoms with Crippen molar-refractivity contribution in [2.75, 3.05) is 6.61 Å². The molecule has 2 nitrogen and oxygen atoms in total. The molecule has 1 aromatic carbocycles. The highest BCUT2D eigenvalue weighted by Crippen LogP contribution is 2.30. The van der Waals surface area contributed by atoms with Gasteiger partial charge in [0.05, 0.1) is 12.7 Å². The van der Waals surface area contributed by atoms with E-state index in [4.69, 9.17) is 4.74 Å². The van der Waals surface area contributed by atoms with E-state index in [1.54, 1.807) is 0 Å². The summed E-state index contributed by atoms with van der Waals surface area (Å²) in [5, 5.41) is 10.3. The molecule has 1 aliphatic heterocycles. The smallest absolute Gasteiger partial charge is 0.122 e. The molecule has 0 saturated carbocycles. The summed E-state index contributed by atoms with van der Waals surface area (Å²) in [6, 6.07) is 8.15. The summed E-state index contributed by atoms with van der Waals surface area (Å²) in [6.45, 7) is 5.07. The first-order chi connectivity index (χ1) is 8.70. The lowest BCUT2D eigenvalue weighted by molar-refractivity contribution is 0.0472. The zero-order valence-electron chi connectivity index (χ0n) is 11.4. The van der Waals surface area contributed by atoms with Crippen LogP contribution in [0.3, 0.4) is 0 Å². The number of benzene rings is 1. The summed E-state index contributed by atoms with van der Waals surface area (Å²) >= 11 is 0. The van der Waals surface area contributed by atoms with Crippen molar-refractivity contribution in [1.82, 2.24) is 0 Å². The summed E-state index contributed by atoms with van der Waals surface area (Å²) in [5.74, 6) is 1.84. The molecular weight excluding hydrogens is 224 g/mol. The van der Waals surface area contributed by atoms with Crippen LogP contribution in [0.4, 0.5) is 0 Å². The van der Waals surface area contributed by atoms with Crippen molar-refractivity contribution < 1.29 is 9.84 Å². The number of hydrogen-bond acceptors (Lipinski definition) is 2. The number of aliphatic hydroxyl groups is 1. The number of fused-ring (bicyclic) bond motifs is 1. The highest BCUT2D eigenvalue weighted by Gasteiger charge is 2.26. The lowest BCUT2D eigenvalue weighted by atomic mass is 9.86. The van der Waals surface area contributed by atoms with Gasteiger partial charge in [-0.15, -0.1) is 0 Å². The van der Waals surface area contributed by atoms with Gasteiger partial charge in [0.1, 0.15) is 5.75 Å². The first kappa shape index (κ1) is 13.4. The minimum Gasteiger partial charge on any atom is -0.493 e. The van der Waals surface area contributed by atoms with E-state index in [0.29, 0.717) is 12.5 Å². The van der Waals surface area contributed by atoms with Crippen LogP contribution < -0.4 is 4.74 Å². The molecule has 100 valence electrons. The van der Waals surface area contributed by atoms with Gasteiger partial charge in [-0.1, -0.05) is 44.9 Å². The standard InChI is InChI=1S/C16H24O2/c1-3-6-12(2)9-15(17)14-10-13-7-4-5-8-16(13)18-11-14/h4-5,7-8,12,14-15,17H,3,6,9-11H2,1-2H3. The molecule has 0 saturated heterocycles. The monoisotopic (exact) mass is 248 g/mol. The molecule has 2 rings (SSSR count). The van der Waals surface area contributed by atoms with Crippen LogP contribution in [0.2, 0.25) is 0 Å². The van der Waals surface area contributed by atoms with Gasteiger partial charge in [-0.05, 0) is 30.4 Å². The molecule has 1 aromatic rings. The Labute approximate surface area is 110 Å². The Morgan fingerprint density at radius 2 is 2.17 bits per heavy atom. The predicted molar refractivity (Wildman–Crippen MR) is 73.8 cm³/mol. The van der Waals surface area contributed by atoms with Crippen LogP contribution >= 0.6 is 0 Å². The Morgan fingerprint density at radius 3 is 2.94 bits per heavy atom. The van der Waals surface area contributed by atoms with Gasteiger partial charge in [0, 0.05) is 5.92 Å². The Kier molecular flexibility index (Phi) is 4.65. The van der Waals surface area contributed by atoms with Crippen molar-refractivity contribution in [1.29, 1.82) is 0 Å². The molecule has 3 atom stereocenters. The number of rotatable bonds is 5. The lowest BCUT2D eigenvalue weighted by Gasteiger charge is -2.30. The molecule has 1 heterocycles. The van der Waals surface area contributed by atoms with Gasteiger partial charge < -0.3 is 9.84 Å². The van der Waals surface area contributed by atoms with E-state index in [9.17, 15) is 5.11 Å². The summed E-state index contributed by atoms with van der Waals surface area (Å²) in [7, 11) is 0. The topological polar surface area (TPSA) is 29.5 Å². The van der Waals surface area contributed by atoms with Crippen LogP contribution in [-0.2, 0) is 6.42 Å². The van der Waals surface area contributed by atoms with Gasteiger partial charge in [0.25, 0.3) is 0 Å². The number of para-hydroxylation sites is 1. The average Bonchev–Trinajstić information content (AvgIpc) is 2.38. The highest BCUT2D eigenvalue weighted by molar-refractivity contribution is 5.35. The maximum absolute atomic E-state index is 10.3. The fourth-order valence-corrected chi connectivity index (χ4v) is 2.81. The minimum absolute atomic E-state index is 0.236. The maximum atomic E-state index is 10.3. The van der Waals surface area contributed by atoms with Gasteiger partial charge in [-0.3, -0.25) is 0 Å². The minimum atomic E-state index is -0.236. The van der Waals surface area contributed by atoms with Crippen molar-refractivity contribution in [3.8, 4) is 5.75 Å². The predicted octanol–water partition coefficient (Wildman–Crippen LogP) is 3.42. The SMILES string of the molecule is CCCC(C)CC(O)C1COc2ccccc2C1. The van der Waals surface area contributed by atoms with E-state index in [-0.39, 0.29) is 12.0 Å². The van der Waals surface area contributed by atoms with Crippen LogP contribution in [0.5, 0.6) is 5.75 Å². The lowest BCUT2D eigenvalue weighted by Crippen LogP contribution is -2.32. The van der Waals surface area contributed by atoms with Crippen LogP contribution in [0.15, 0.2) is 24.3 Å². The second-order valence-corrected chi connectivity index (χ2v) is 5.58. The second-order valence-electron chi connectivity index (χ2n) is 5.58. The van der Waals surface area contributed by atoms with E-state index in [1.807, 2.05) is 18.2 Å². The molecule has 0 spiro atoms. The second kappa shape index (κ2) is 6.24. The van der Waals surface area contributed by atoms with Gasteiger partial charge in [0.15, 0.2) is 0 Å². The van der Waals surface area contributed by atoms with Crippen LogP contribution in [0, 0.1) is 11.8 Å².